The lowest BCUT2D eigenvalue weighted by atomic mass is 10.2. The first-order chi connectivity index (χ1) is 9.55. The van der Waals surface area contributed by atoms with Crippen LogP contribution in [0.3, 0.4) is 0 Å². The average Bonchev–Trinajstić information content (AvgIpc) is 2.87. The number of hydrogen-bond donors (Lipinski definition) is 2. The minimum Gasteiger partial charge on any atom is -0.399 e. The van der Waals surface area contributed by atoms with E-state index in [1.165, 1.54) is 0 Å². The molecule has 1 heterocycles. The Morgan fingerprint density at radius 2 is 2.20 bits per heavy atom. The maximum absolute atomic E-state index is 11.9. The number of nitrogens with two attached hydrogens (primary N) is 1. The standard InChI is InChI=1S/C12H17N5O2S/c13-12-4-1-3-11(9-12)10-20(18,19)15-5-2-7-17-8-6-14-16-17/h1,3-4,6,8-9,15H,2,5,7,10,13H2. The zero-order chi connectivity index (χ0) is 14.4. The first-order valence-electron chi connectivity index (χ1n) is 6.21. The molecule has 20 heavy (non-hydrogen) atoms. The van der Waals surface area contributed by atoms with E-state index in [1.807, 2.05) is 0 Å². The van der Waals surface area contributed by atoms with Crippen molar-refractivity contribution in [2.75, 3.05) is 12.3 Å². The smallest absolute Gasteiger partial charge is 0.215 e. The molecule has 1 aromatic heterocycles. The highest BCUT2D eigenvalue weighted by atomic mass is 32.2. The van der Waals surface area contributed by atoms with E-state index in [1.54, 1.807) is 41.3 Å². The Labute approximate surface area is 117 Å². The van der Waals surface area contributed by atoms with Crippen molar-refractivity contribution >= 4 is 15.7 Å². The number of rotatable bonds is 7. The number of aromatic nitrogens is 3. The van der Waals surface area contributed by atoms with E-state index in [4.69, 9.17) is 5.73 Å². The van der Waals surface area contributed by atoms with Crippen molar-refractivity contribution in [2.45, 2.75) is 18.7 Å². The Bertz CT molecular complexity index is 640. The monoisotopic (exact) mass is 295 g/mol. The van der Waals surface area contributed by atoms with Gasteiger partial charge >= 0.3 is 0 Å². The molecule has 7 nitrogen and oxygen atoms in total. The van der Waals surface area contributed by atoms with Crippen LogP contribution in [0.25, 0.3) is 0 Å². The molecule has 108 valence electrons. The molecular formula is C12H17N5O2S. The lowest BCUT2D eigenvalue weighted by molar-refractivity contribution is 0.542. The van der Waals surface area contributed by atoms with E-state index < -0.39 is 10.0 Å². The zero-order valence-electron chi connectivity index (χ0n) is 10.9. The minimum absolute atomic E-state index is 0.0681. The van der Waals surface area contributed by atoms with Gasteiger partial charge in [0.2, 0.25) is 10.0 Å². The summed E-state index contributed by atoms with van der Waals surface area (Å²) >= 11 is 0. The van der Waals surface area contributed by atoms with Crippen molar-refractivity contribution in [3.05, 3.63) is 42.2 Å². The van der Waals surface area contributed by atoms with Gasteiger partial charge in [-0.25, -0.2) is 13.1 Å². The van der Waals surface area contributed by atoms with E-state index in [0.717, 1.165) is 0 Å². The third-order valence-electron chi connectivity index (χ3n) is 2.67. The summed E-state index contributed by atoms with van der Waals surface area (Å²) in [6.07, 6.45) is 3.98. The topological polar surface area (TPSA) is 103 Å². The summed E-state index contributed by atoms with van der Waals surface area (Å²) in [5.41, 5.74) is 6.86. The van der Waals surface area contributed by atoms with Gasteiger partial charge in [-0.1, -0.05) is 17.3 Å². The quantitative estimate of drug-likeness (QED) is 0.567. The molecule has 0 spiro atoms. The van der Waals surface area contributed by atoms with Gasteiger partial charge in [0.1, 0.15) is 0 Å². The summed E-state index contributed by atoms with van der Waals surface area (Å²) in [6, 6.07) is 6.87. The van der Waals surface area contributed by atoms with Crippen LogP contribution in [0.1, 0.15) is 12.0 Å². The Morgan fingerprint density at radius 3 is 2.90 bits per heavy atom. The number of benzene rings is 1. The summed E-state index contributed by atoms with van der Waals surface area (Å²) in [6.45, 7) is 0.991. The molecule has 0 aliphatic rings. The normalized spacial score (nSPS) is 11.6. The van der Waals surface area contributed by atoms with Crippen LogP contribution >= 0.6 is 0 Å². The molecule has 3 N–H and O–H groups in total. The van der Waals surface area contributed by atoms with E-state index in [9.17, 15) is 8.42 Å². The van der Waals surface area contributed by atoms with Gasteiger partial charge < -0.3 is 5.73 Å². The lowest BCUT2D eigenvalue weighted by Crippen LogP contribution is -2.27. The van der Waals surface area contributed by atoms with E-state index in [-0.39, 0.29) is 5.75 Å². The summed E-state index contributed by atoms with van der Waals surface area (Å²) in [7, 11) is -3.34. The SMILES string of the molecule is Nc1cccc(CS(=O)(=O)NCCCn2ccnn2)c1. The Kier molecular flexibility index (Phi) is 4.70. The molecule has 0 unspecified atom stereocenters. The van der Waals surface area contributed by atoms with Crippen molar-refractivity contribution in [3.63, 3.8) is 0 Å². The van der Waals surface area contributed by atoms with Gasteiger partial charge in [-0.15, -0.1) is 5.10 Å². The number of anilines is 1. The molecule has 2 aromatic rings. The molecule has 8 heteroatoms. The Morgan fingerprint density at radius 1 is 1.35 bits per heavy atom. The van der Waals surface area contributed by atoms with Gasteiger partial charge in [-0.3, -0.25) is 4.68 Å². The fourth-order valence-electron chi connectivity index (χ4n) is 1.77. The molecule has 0 aliphatic carbocycles. The van der Waals surface area contributed by atoms with Crippen molar-refractivity contribution in [1.82, 2.24) is 19.7 Å². The van der Waals surface area contributed by atoms with Crippen LogP contribution in [-0.4, -0.2) is 30.0 Å². The van der Waals surface area contributed by atoms with Crippen molar-refractivity contribution in [3.8, 4) is 0 Å². The average molecular weight is 295 g/mol. The molecule has 0 fully saturated rings. The van der Waals surface area contributed by atoms with Crippen molar-refractivity contribution in [1.29, 1.82) is 0 Å². The lowest BCUT2D eigenvalue weighted by Gasteiger charge is -2.07. The van der Waals surface area contributed by atoms with Gasteiger partial charge in [-0.2, -0.15) is 0 Å². The van der Waals surface area contributed by atoms with Gasteiger partial charge in [0, 0.05) is 25.0 Å². The fraction of sp³-hybridized carbons (Fsp3) is 0.333. The van der Waals surface area contributed by atoms with Crippen LogP contribution in [-0.2, 0) is 22.3 Å². The summed E-state index contributed by atoms with van der Waals surface area (Å²) in [5.74, 6) is -0.0681. The van der Waals surface area contributed by atoms with Gasteiger partial charge in [-0.05, 0) is 24.1 Å². The molecule has 0 radical (unpaired) electrons. The molecule has 0 bridgehead atoms. The summed E-state index contributed by atoms with van der Waals surface area (Å²) < 4.78 is 28.0. The Hall–Kier alpha value is -1.93. The van der Waals surface area contributed by atoms with Crippen LogP contribution < -0.4 is 10.5 Å². The summed E-state index contributed by atoms with van der Waals surface area (Å²) in [5, 5.41) is 7.48. The maximum atomic E-state index is 11.9. The second kappa shape index (κ2) is 6.49. The molecule has 1 aromatic carbocycles. The number of nitrogen functional groups attached to an aromatic ring is 1. The minimum atomic E-state index is -3.34. The fourth-order valence-corrected chi connectivity index (χ4v) is 2.95. The molecular weight excluding hydrogens is 278 g/mol. The van der Waals surface area contributed by atoms with Crippen LogP contribution in [0.2, 0.25) is 0 Å². The predicted molar refractivity (Wildman–Crippen MR) is 76.1 cm³/mol. The first kappa shape index (κ1) is 14.5. The van der Waals surface area contributed by atoms with Crippen LogP contribution in [0.4, 0.5) is 5.69 Å². The predicted octanol–water partition coefficient (Wildman–Crippen LogP) is 0.370. The second-order valence-corrected chi connectivity index (χ2v) is 6.22. The third kappa shape index (κ3) is 4.63. The maximum Gasteiger partial charge on any atom is 0.215 e. The van der Waals surface area contributed by atoms with E-state index in [2.05, 4.69) is 15.0 Å². The van der Waals surface area contributed by atoms with Gasteiger partial charge in [0.05, 0.1) is 11.9 Å². The largest absolute Gasteiger partial charge is 0.399 e. The number of nitrogens with zero attached hydrogens (tertiary/aromatic N) is 3. The van der Waals surface area contributed by atoms with E-state index in [0.29, 0.717) is 30.8 Å². The second-order valence-electron chi connectivity index (χ2n) is 4.42. The molecule has 2 rings (SSSR count). The summed E-state index contributed by atoms with van der Waals surface area (Å²) in [4.78, 5) is 0. The van der Waals surface area contributed by atoms with Gasteiger partial charge in [0.25, 0.3) is 0 Å². The van der Waals surface area contributed by atoms with Crippen LogP contribution in [0, 0.1) is 0 Å². The highest BCUT2D eigenvalue weighted by Crippen LogP contribution is 2.09. The van der Waals surface area contributed by atoms with Crippen molar-refractivity contribution < 1.29 is 8.42 Å². The highest BCUT2D eigenvalue weighted by Gasteiger charge is 2.10. The zero-order valence-corrected chi connectivity index (χ0v) is 11.8. The van der Waals surface area contributed by atoms with Crippen LogP contribution in [0.15, 0.2) is 36.7 Å². The third-order valence-corrected chi connectivity index (χ3v) is 4.02. The first-order valence-corrected chi connectivity index (χ1v) is 7.86. The molecule has 0 atom stereocenters. The van der Waals surface area contributed by atoms with Crippen LogP contribution in [0.5, 0.6) is 0 Å². The molecule has 0 aliphatic heterocycles. The molecule has 0 amide bonds. The van der Waals surface area contributed by atoms with Crippen molar-refractivity contribution in [2.24, 2.45) is 0 Å². The van der Waals surface area contributed by atoms with Gasteiger partial charge in [0.15, 0.2) is 0 Å². The number of aryl methyl sites for hydroxylation is 1. The highest BCUT2D eigenvalue weighted by molar-refractivity contribution is 7.88. The Balaban J connectivity index is 1.79. The molecule has 0 saturated heterocycles. The molecule has 0 saturated carbocycles. The number of hydrogen-bond acceptors (Lipinski definition) is 5. The number of sulfonamides is 1. The number of nitrogens with one attached hydrogen (secondary N) is 1. The van der Waals surface area contributed by atoms with E-state index >= 15 is 0 Å².